The van der Waals surface area contributed by atoms with Crippen molar-refractivity contribution in [1.82, 2.24) is 0 Å². The standard InChI is InChI=1S/C12H19N.BrH/c1-2-3-4-8-11-13-12-9-6-5-7-10-12;/h5-7,9-10,13H,2-4,8,11H2,1H3;1H. The Bertz CT molecular complexity index is 211. The van der Waals surface area contributed by atoms with Gasteiger partial charge >= 0.3 is 0 Å². The number of rotatable bonds is 6. The zero-order valence-corrected chi connectivity index (χ0v) is 10.5. The van der Waals surface area contributed by atoms with Crippen LogP contribution in [0.1, 0.15) is 32.6 Å². The molecule has 0 fully saturated rings. The monoisotopic (exact) mass is 257 g/mol. The van der Waals surface area contributed by atoms with Gasteiger partial charge in [-0.25, -0.2) is 0 Å². The Balaban J connectivity index is 0.00000169. The largest absolute Gasteiger partial charge is 1.00 e. The molecule has 0 aliphatic rings. The van der Waals surface area contributed by atoms with Gasteiger partial charge < -0.3 is 22.3 Å². The van der Waals surface area contributed by atoms with Crippen LogP contribution in [0.3, 0.4) is 0 Å². The van der Waals surface area contributed by atoms with E-state index in [9.17, 15) is 0 Å². The highest BCUT2D eigenvalue weighted by Gasteiger charge is 1.93. The second-order valence-corrected chi connectivity index (χ2v) is 3.46. The number of unbranched alkanes of at least 4 members (excludes halogenated alkanes) is 3. The molecule has 0 heterocycles. The molecule has 0 saturated heterocycles. The van der Waals surface area contributed by atoms with E-state index in [1.54, 1.807) is 0 Å². The molecule has 1 nitrogen and oxygen atoms in total. The second kappa shape index (κ2) is 9.22. The number of hydrogen-bond acceptors (Lipinski definition) is 0. The lowest BCUT2D eigenvalue weighted by atomic mass is 10.2. The van der Waals surface area contributed by atoms with Crippen LogP contribution in [0.2, 0.25) is 0 Å². The van der Waals surface area contributed by atoms with Crippen LogP contribution in [0, 0.1) is 0 Å². The lowest BCUT2D eigenvalue weighted by molar-refractivity contribution is -0.572. The molecule has 0 spiro atoms. The zero-order valence-electron chi connectivity index (χ0n) is 8.88. The summed E-state index contributed by atoms with van der Waals surface area (Å²) >= 11 is 0. The number of halogens is 1. The van der Waals surface area contributed by atoms with E-state index in [2.05, 4.69) is 42.6 Å². The molecule has 0 radical (unpaired) electrons. The van der Waals surface area contributed by atoms with Gasteiger partial charge in [-0.2, -0.15) is 0 Å². The molecule has 0 aromatic heterocycles. The molecule has 0 aliphatic carbocycles. The SMILES string of the molecule is CCCCCC[NH2+]c1ccccc1.[Br-]. The minimum atomic E-state index is 0. The van der Waals surface area contributed by atoms with Crippen molar-refractivity contribution in [3.05, 3.63) is 30.3 Å². The van der Waals surface area contributed by atoms with Crippen molar-refractivity contribution in [2.45, 2.75) is 32.6 Å². The van der Waals surface area contributed by atoms with E-state index < -0.39 is 0 Å². The summed E-state index contributed by atoms with van der Waals surface area (Å²) in [6.45, 7) is 3.48. The van der Waals surface area contributed by atoms with Gasteiger partial charge in [-0.05, 0) is 25.0 Å². The molecule has 2 heteroatoms. The highest BCUT2D eigenvalue weighted by molar-refractivity contribution is 5.26. The maximum absolute atomic E-state index is 2.33. The third kappa shape index (κ3) is 6.17. The predicted octanol–water partition coefficient (Wildman–Crippen LogP) is -0.534. The molecule has 0 saturated carbocycles. The number of benzene rings is 1. The first-order valence-electron chi connectivity index (χ1n) is 5.31. The van der Waals surface area contributed by atoms with Crippen LogP contribution in [-0.2, 0) is 0 Å². The third-order valence-electron chi connectivity index (χ3n) is 2.24. The van der Waals surface area contributed by atoms with E-state index in [4.69, 9.17) is 0 Å². The smallest absolute Gasteiger partial charge is 0.129 e. The molecule has 14 heavy (non-hydrogen) atoms. The van der Waals surface area contributed by atoms with Crippen LogP contribution >= 0.6 is 0 Å². The zero-order chi connectivity index (χ0) is 9.36. The van der Waals surface area contributed by atoms with Crippen LogP contribution in [0.15, 0.2) is 30.3 Å². The van der Waals surface area contributed by atoms with Crippen LogP contribution in [0.25, 0.3) is 0 Å². The van der Waals surface area contributed by atoms with Gasteiger partial charge in [0.05, 0.1) is 6.54 Å². The predicted molar refractivity (Wildman–Crippen MR) is 57.0 cm³/mol. The Kier molecular flexibility index (Phi) is 9.00. The van der Waals surface area contributed by atoms with Gasteiger partial charge in [0.1, 0.15) is 5.69 Å². The van der Waals surface area contributed by atoms with Gasteiger partial charge in [-0.1, -0.05) is 38.0 Å². The number of para-hydroxylation sites is 1. The Morgan fingerprint density at radius 1 is 1.00 bits per heavy atom. The maximum atomic E-state index is 2.33. The molecule has 1 rings (SSSR count). The van der Waals surface area contributed by atoms with Crippen molar-refractivity contribution >= 4 is 5.69 Å². The summed E-state index contributed by atoms with van der Waals surface area (Å²) < 4.78 is 0. The van der Waals surface area contributed by atoms with Crippen LogP contribution in [0.4, 0.5) is 5.69 Å². The number of hydrogen-bond donors (Lipinski definition) is 1. The minimum Gasteiger partial charge on any atom is -1.00 e. The quantitative estimate of drug-likeness (QED) is 0.521. The van der Waals surface area contributed by atoms with E-state index in [-0.39, 0.29) is 17.0 Å². The molecule has 0 amide bonds. The second-order valence-electron chi connectivity index (χ2n) is 3.46. The van der Waals surface area contributed by atoms with Crippen molar-refractivity contribution in [1.29, 1.82) is 0 Å². The Morgan fingerprint density at radius 3 is 2.36 bits per heavy atom. The Labute approximate surface area is 97.7 Å². The highest BCUT2D eigenvalue weighted by Crippen LogP contribution is 1.98. The average molecular weight is 258 g/mol. The van der Waals surface area contributed by atoms with Crippen molar-refractivity contribution in [2.75, 3.05) is 6.54 Å². The summed E-state index contributed by atoms with van der Waals surface area (Å²) in [5.74, 6) is 0. The highest BCUT2D eigenvalue weighted by atomic mass is 79.9. The fraction of sp³-hybridized carbons (Fsp3) is 0.500. The lowest BCUT2D eigenvalue weighted by Crippen LogP contribution is -3.00. The number of nitrogens with two attached hydrogens (primary N) is 1. The van der Waals surface area contributed by atoms with Gasteiger partial charge in [0.15, 0.2) is 0 Å². The molecular weight excluding hydrogens is 238 g/mol. The summed E-state index contributed by atoms with van der Waals surface area (Å²) in [5, 5.41) is 2.33. The molecule has 2 N–H and O–H groups in total. The maximum Gasteiger partial charge on any atom is 0.129 e. The molecule has 0 atom stereocenters. The van der Waals surface area contributed by atoms with Gasteiger partial charge in [-0.3, -0.25) is 0 Å². The Hall–Kier alpha value is -0.340. The van der Waals surface area contributed by atoms with Gasteiger partial charge in [-0.15, -0.1) is 0 Å². The first-order valence-corrected chi connectivity index (χ1v) is 5.31. The lowest BCUT2D eigenvalue weighted by Gasteiger charge is -1.99. The minimum absolute atomic E-state index is 0. The van der Waals surface area contributed by atoms with E-state index >= 15 is 0 Å². The molecule has 1 aromatic carbocycles. The van der Waals surface area contributed by atoms with Gasteiger partial charge in [0.25, 0.3) is 0 Å². The average Bonchev–Trinajstić information content (AvgIpc) is 2.19. The topological polar surface area (TPSA) is 16.6 Å². The molecule has 80 valence electrons. The van der Waals surface area contributed by atoms with Crippen LogP contribution in [-0.4, -0.2) is 6.54 Å². The van der Waals surface area contributed by atoms with Crippen molar-refractivity contribution in [3.63, 3.8) is 0 Å². The number of quaternary nitrogens is 1. The van der Waals surface area contributed by atoms with Crippen molar-refractivity contribution in [3.8, 4) is 0 Å². The Morgan fingerprint density at radius 2 is 1.71 bits per heavy atom. The van der Waals surface area contributed by atoms with E-state index in [1.807, 2.05) is 0 Å². The summed E-state index contributed by atoms with van der Waals surface area (Å²) in [6, 6.07) is 10.6. The normalized spacial score (nSPS) is 9.50. The van der Waals surface area contributed by atoms with Crippen LogP contribution < -0.4 is 22.3 Å². The first-order chi connectivity index (χ1) is 6.43. The molecular formula is C12H20BrN. The van der Waals surface area contributed by atoms with Gasteiger partial charge in [0.2, 0.25) is 0 Å². The summed E-state index contributed by atoms with van der Waals surface area (Å²) in [6.07, 6.45) is 5.41. The van der Waals surface area contributed by atoms with E-state index in [0.717, 1.165) is 0 Å². The molecule has 0 unspecified atom stereocenters. The molecule has 1 aromatic rings. The summed E-state index contributed by atoms with van der Waals surface area (Å²) in [7, 11) is 0. The first kappa shape index (κ1) is 13.7. The van der Waals surface area contributed by atoms with E-state index in [1.165, 1.54) is 37.9 Å². The third-order valence-corrected chi connectivity index (χ3v) is 2.24. The fourth-order valence-corrected chi connectivity index (χ4v) is 1.43. The summed E-state index contributed by atoms with van der Waals surface area (Å²) in [5.41, 5.74) is 1.36. The fourth-order valence-electron chi connectivity index (χ4n) is 1.43. The van der Waals surface area contributed by atoms with Crippen molar-refractivity contribution in [2.24, 2.45) is 0 Å². The van der Waals surface area contributed by atoms with Gasteiger partial charge in [0, 0.05) is 0 Å². The van der Waals surface area contributed by atoms with E-state index in [0.29, 0.717) is 0 Å². The van der Waals surface area contributed by atoms with Crippen molar-refractivity contribution < 1.29 is 22.3 Å². The summed E-state index contributed by atoms with van der Waals surface area (Å²) in [4.78, 5) is 0. The molecule has 0 bridgehead atoms. The van der Waals surface area contributed by atoms with Crippen LogP contribution in [0.5, 0.6) is 0 Å². The molecule has 0 aliphatic heterocycles.